The number of rotatable bonds is 4. The first-order chi connectivity index (χ1) is 9.64. The van der Waals surface area contributed by atoms with Crippen LogP contribution in [0.3, 0.4) is 0 Å². The van der Waals surface area contributed by atoms with E-state index in [1.807, 2.05) is 0 Å². The highest BCUT2D eigenvalue weighted by atomic mass is 19.4. The van der Waals surface area contributed by atoms with Crippen LogP contribution in [0.1, 0.15) is 35.7 Å². The predicted molar refractivity (Wildman–Crippen MR) is 67.7 cm³/mol. The number of amides is 1. The van der Waals surface area contributed by atoms with Crippen LogP contribution >= 0.6 is 0 Å². The van der Waals surface area contributed by atoms with Crippen molar-refractivity contribution in [2.45, 2.75) is 31.5 Å². The normalized spacial score (nSPS) is 17.9. The van der Waals surface area contributed by atoms with Crippen LogP contribution in [0.5, 0.6) is 0 Å². The van der Waals surface area contributed by atoms with E-state index in [9.17, 15) is 27.9 Å². The molecule has 4 nitrogen and oxygen atoms in total. The van der Waals surface area contributed by atoms with Crippen molar-refractivity contribution in [2.75, 3.05) is 0 Å². The molecule has 2 N–H and O–H groups in total. The maximum Gasteiger partial charge on any atom is 0.416 e. The molecule has 7 heteroatoms. The number of carbonyl (C=O) groups excluding carboxylic acids is 1. The van der Waals surface area contributed by atoms with Crippen molar-refractivity contribution >= 4 is 11.9 Å². The van der Waals surface area contributed by atoms with E-state index in [4.69, 9.17) is 0 Å². The van der Waals surface area contributed by atoms with Crippen LogP contribution in [0, 0.1) is 5.92 Å². The van der Waals surface area contributed by atoms with Gasteiger partial charge in [0.1, 0.15) is 5.54 Å². The Morgan fingerprint density at radius 3 is 2.38 bits per heavy atom. The molecule has 1 aromatic carbocycles. The summed E-state index contributed by atoms with van der Waals surface area (Å²) >= 11 is 0. The number of carbonyl (C=O) groups is 2. The molecule has 1 saturated carbocycles. The standard InChI is InChI=1S/C14H14F3NO3/c1-13(12(20)21,9-5-6-9)18-11(19)8-3-2-4-10(7-8)14(15,16)17/h2-4,7,9H,5-6H2,1H3,(H,18,19)(H,20,21). The van der Waals surface area contributed by atoms with Gasteiger partial charge in [0.2, 0.25) is 0 Å². The molecule has 21 heavy (non-hydrogen) atoms. The van der Waals surface area contributed by atoms with E-state index in [2.05, 4.69) is 5.32 Å². The van der Waals surface area contributed by atoms with E-state index >= 15 is 0 Å². The van der Waals surface area contributed by atoms with Crippen molar-refractivity contribution in [1.82, 2.24) is 5.32 Å². The minimum absolute atomic E-state index is 0.190. The molecule has 1 aliphatic carbocycles. The molecule has 1 amide bonds. The summed E-state index contributed by atoms with van der Waals surface area (Å²) in [6, 6.07) is 3.91. The average molecular weight is 301 g/mol. The molecular formula is C14H14F3NO3. The fraction of sp³-hybridized carbons (Fsp3) is 0.429. The lowest BCUT2D eigenvalue weighted by atomic mass is 9.95. The van der Waals surface area contributed by atoms with Crippen molar-refractivity contribution in [3.8, 4) is 0 Å². The monoisotopic (exact) mass is 301 g/mol. The van der Waals surface area contributed by atoms with Gasteiger partial charge in [-0.05, 0) is 43.9 Å². The summed E-state index contributed by atoms with van der Waals surface area (Å²) in [7, 11) is 0. The van der Waals surface area contributed by atoms with Crippen LogP contribution < -0.4 is 5.32 Å². The van der Waals surface area contributed by atoms with Crippen LogP contribution in [-0.4, -0.2) is 22.5 Å². The average Bonchev–Trinajstić information content (AvgIpc) is 3.22. The Morgan fingerprint density at radius 2 is 1.90 bits per heavy atom. The summed E-state index contributed by atoms with van der Waals surface area (Å²) in [6.45, 7) is 1.37. The molecule has 0 heterocycles. The van der Waals surface area contributed by atoms with Gasteiger partial charge in [-0.1, -0.05) is 6.07 Å². The van der Waals surface area contributed by atoms with Gasteiger partial charge in [0.15, 0.2) is 0 Å². The molecule has 0 aliphatic heterocycles. The van der Waals surface area contributed by atoms with E-state index in [1.165, 1.54) is 13.0 Å². The highest BCUT2D eigenvalue weighted by molar-refractivity contribution is 5.98. The molecule has 1 atom stereocenters. The lowest BCUT2D eigenvalue weighted by Crippen LogP contribution is -2.54. The summed E-state index contributed by atoms with van der Waals surface area (Å²) in [6.07, 6.45) is -3.21. The summed E-state index contributed by atoms with van der Waals surface area (Å²) < 4.78 is 37.8. The van der Waals surface area contributed by atoms with Gasteiger partial charge < -0.3 is 10.4 Å². The minimum Gasteiger partial charge on any atom is -0.480 e. The number of benzene rings is 1. The molecule has 0 saturated heterocycles. The third kappa shape index (κ3) is 3.17. The second-order valence-corrected chi connectivity index (χ2v) is 5.31. The highest BCUT2D eigenvalue weighted by Crippen LogP contribution is 2.40. The van der Waals surface area contributed by atoms with Crippen LogP contribution in [0.25, 0.3) is 0 Å². The number of carboxylic acid groups (broad SMARTS) is 1. The van der Waals surface area contributed by atoms with Gasteiger partial charge in [-0.15, -0.1) is 0 Å². The Labute approximate surface area is 119 Å². The van der Waals surface area contributed by atoms with Crippen molar-refractivity contribution in [3.63, 3.8) is 0 Å². The van der Waals surface area contributed by atoms with Gasteiger partial charge in [-0.3, -0.25) is 4.79 Å². The summed E-state index contributed by atoms with van der Waals surface area (Å²) in [5.41, 5.74) is -2.61. The second-order valence-electron chi connectivity index (χ2n) is 5.31. The SMILES string of the molecule is CC(NC(=O)c1cccc(C(F)(F)F)c1)(C(=O)O)C1CC1. The van der Waals surface area contributed by atoms with Crippen LogP contribution in [-0.2, 0) is 11.0 Å². The van der Waals surface area contributed by atoms with Gasteiger partial charge in [-0.2, -0.15) is 13.2 Å². The number of carboxylic acids is 1. The number of halogens is 3. The van der Waals surface area contributed by atoms with Crippen LogP contribution in [0.15, 0.2) is 24.3 Å². The second kappa shape index (κ2) is 5.05. The van der Waals surface area contributed by atoms with E-state index in [0.717, 1.165) is 12.1 Å². The predicted octanol–water partition coefficient (Wildman–Crippen LogP) is 2.69. The Morgan fingerprint density at radius 1 is 1.29 bits per heavy atom. The van der Waals surface area contributed by atoms with Crippen molar-refractivity contribution in [1.29, 1.82) is 0 Å². The number of hydrogen-bond donors (Lipinski definition) is 2. The summed E-state index contributed by atoms with van der Waals surface area (Å²) in [5, 5.41) is 11.6. The van der Waals surface area contributed by atoms with Gasteiger partial charge >= 0.3 is 12.1 Å². The topological polar surface area (TPSA) is 66.4 Å². The molecule has 0 bridgehead atoms. The maximum atomic E-state index is 12.6. The van der Waals surface area contributed by atoms with E-state index in [0.29, 0.717) is 18.9 Å². The van der Waals surface area contributed by atoms with Crippen LogP contribution in [0.2, 0.25) is 0 Å². The van der Waals surface area contributed by atoms with Crippen LogP contribution in [0.4, 0.5) is 13.2 Å². The Kier molecular flexibility index (Phi) is 3.69. The van der Waals surface area contributed by atoms with E-state index in [1.54, 1.807) is 0 Å². The lowest BCUT2D eigenvalue weighted by Gasteiger charge is -2.26. The van der Waals surface area contributed by atoms with E-state index < -0.39 is 29.2 Å². The van der Waals surface area contributed by atoms with Crippen molar-refractivity contribution in [3.05, 3.63) is 35.4 Å². The molecule has 1 aromatic rings. The number of alkyl halides is 3. The Bertz CT molecular complexity index is 581. The zero-order valence-electron chi connectivity index (χ0n) is 11.2. The summed E-state index contributed by atoms with van der Waals surface area (Å²) in [5.74, 6) is -2.20. The molecule has 114 valence electrons. The first-order valence-electron chi connectivity index (χ1n) is 6.38. The quantitative estimate of drug-likeness (QED) is 0.898. The number of nitrogens with one attached hydrogen (secondary N) is 1. The molecule has 1 unspecified atom stereocenters. The maximum absolute atomic E-state index is 12.6. The molecule has 0 radical (unpaired) electrons. The smallest absolute Gasteiger partial charge is 0.416 e. The van der Waals surface area contributed by atoms with Gasteiger partial charge in [0, 0.05) is 5.56 Å². The first kappa shape index (κ1) is 15.3. The Balaban J connectivity index is 2.22. The molecule has 1 fully saturated rings. The third-order valence-electron chi connectivity index (χ3n) is 3.66. The molecule has 2 rings (SSSR count). The first-order valence-corrected chi connectivity index (χ1v) is 6.38. The van der Waals surface area contributed by atoms with E-state index in [-0.39, 0.29) is 11.5 Å². The number of aliphatic carboxylic acids is 1. The minimum atomic E-state index is -4.55. The zero-order chi connectivity index (χ0) is 15.8. The third-order valence-corrected chi connectivity index (χ3v) is 3.66. The fourth-order valence-electron chi connectivity index (χ4n) is 2.14. The zero-order valence-corrected chi connectivity index (χ0v) is 11.2. The van der Waals surface area contributed by atoms with Crippen molar-refractivity contribution in [2.24, 2.45) is 5.92 Å². The van der Waals surface area contributed by atoms with Crippen molar-refractivity contribution < 1.29 is 27.9 Å². The number of hydrogen-bond acceptors (Lipinski definition) is 2. The summed E-state index contributed by atoms with van der Waals surface area (Å²) in [4.78, 5) is 23.3. The van der Waals surface area contributed by atoms with Gasteiger partial charge in [-0.25, -0.2) is 4.79 Å². The Hall–Kier alpha value is -2.05. The van der Waals surface area contributed by atoms with Gasteiger partial charge in [0.05, 0.1) is 5.56 Å². The molecule has 1 aliphatic rings. The van der Waals surface area contributed by atoms with Gasteiger partial charge in [0.25, 0.3) is 5.91 Å². The lowest BCUT2D eigenvalue weighted by molar-refractivity contribution is -0.144. The molecule has 0 aromatic heterocycles. The largest absolute Gasteiger partial charge is 0.480 e. The highest BCUT2D eigenvalue weighted by Gasteiger charge is 2.48. The molecule has 0 spiro atoms. The fourth-order valence-corrected chi connectivity index (χ4v) is 2.14. The molecular weight excluding hydrogens is 287 g/mol.